The van der Waals surface area contributed by atoms with Gasteiger partial charge in [-0.05, 0) is 50.1 Å². The van der Waals surface area contributed by atoms with Crippen molar-refractivity contribution in [3.05, 3.63) is 57.9 Å². The van der Waals surface area contributed by atoms with Crippen LogP contribution < -0.4 is 5.32 Å². The number of nitrogens with zero attached hydrogens (tertiary/aromatic N) is 2. The second kappa shape index (κ2) is 6.82. The van der Waals surface area contributed by atoms with Gasteiger partial charge in [-0.25, -0.2) is 0 Å². The van der Waals surface area contributed by atoms with Crippen LogP contribution in [0.25, 0.3) is 0 Å². The number of hydrogen-bond donors (Lipinski definition) is 1. The Morgan fingerprint density at radius 3 is 2.60 bits per heavy atom. The first-order valence-electron chi connectivity index (χ1n) is 6.92. The maximum absolute atomic E-state index is 6.36. The summed E-state index contributed by atoms with van der Waals surface area (Å²) >= 11 is 6.36. The molecule has 0 aliphatic rings. The molecule has 106 valence electrons. The molecule has 1 unspecified atom stereocenters. The molecule has 0 saturated heterocycles. The quantitative estimate of drug-likeness (QED) is 0.909. The van der Waals surface area contributed by atoms with Crippen molar-refractivity contribution in [2.75, 3.05) is 6.54 Å². The predicted octanol–water partition coefficient (Wildman–Crippen LogP) is 3.84. The minimum absolute atomic E-state index is 0.0536. The van der Waals surface area contributed by atoms with E-state index in [0.29, 0.717) is 0 Å². The molecular weight excluding hydrogens is 270 g/mol. The van der Waals surface area contributed by atoms with Crippen LogP contribution in [-0.4, -0.2) is 16.7 Å². The van der Waals surface area contributed by atoms with Crippen LogP contribution in [0.5, 0.6) is 0 Å². The molecule has 1 heterocycles. The first-order valence-corrected chi connectivity index (χ1v) is 7.30. The summed E-state index contributed by atoms with van der Waals surface area (Å²) in [6, 6.07) is 10.1. The van der Waals surface area contributed by atoms with Gasteiger partial charge >= 0.3 is 0 Å². The topological polar surface area (TPSA) is 37.8 Å². The van der Waals surface area contributed by atoms with Gasteiger partial charge in [-0.3, -0.25) is 0 Å². The van der Waals surface area contributed by atoms with Crippen molar-refractivity contribution < 1.29 is 0 Å². The molecule has 0 spiro atoms. The van der Waals surface area contributed by atoms with Crippen LogP contribution in [0.4, 0.5) is 0 Å². The molecule has 0 aliphatic carbocycles. The van der Waals surface area contributed by atoms with E-state index in [2.05, 4.69) is 34.6 Å². The zero-order valence-corrected chi connectivity index (χ0v) is 12.9. The summed E-state index contributed by atoms with van der Waals surface area (Å²) in [6.45, 7) is 7.02. The van der Waals surface area contributed by atoms with Crippen molar-refractivity contribution in [3.8, 4) is 0 Å². The van der Waals surface area contributed by atoms with Crippen LogP contribution in [0, 0.1) is 13.8 Å². The minimum Gasteiger partial charge on any atom is -0.306 e. The van der Waals surface area contributed by atoms with E-state index >= 15 is 0 Å². The van der Waals surface area contributed by atoms with E-state index in [0.717, 1.165) is 40.5 Å². The first kappa shape index (κ1) is 14.9. The second-order valence-corrected chi connectivity index (χ2v) is 5.34. The first-order chi connectivity index (χ1) is 9.63. The maximum atomic E-state index is 6.36. The van der Waals surface area contributed by atoms with E-state index in [-0.39, 0.29) is 6.04 Å². The molecule has 2 rings (SSSR count). The Hall–Kier alpha value is -1.45. The van der Waals surface area contributed by atoms with Gasteiger partial charge in [0.15, 0.2) is 0 Å². The maximum Gasteiger partial charge on any atom is 0.0651 e. The molecule has 0 radical (unpaired) electrons. The van der Waals surface area contributed by atoms with Crippen LogP contribution in [0.1, 0.15) is 41.9 Å². The SMILES string of the molecule is CCCNC(c1ccccc1Cl)c1cc(C)nnc1C. The summed E-state index contributed by atoms with van der Waals surface area (Å²) in [5.41, 5.74) is 4.07. The normalized spacial score (nSPS) is 12.4. The highest BCUT2D eigenvalue weighted by Gasteiger charge is 2.19. The molecule has 0 fully saturated rings. The molecule has 2 aromatic rings. The van der Waals surface area contributed by atoms with E-state index in [1.54, 1.807) is 0 Å². The molecule has 0 aliphatic heterocycles. The number of rotatable bonds is 5. The summed E-state index contributed by atoms with van der Waals surface area (Å²) in [5, 5.41) is 12.7. The highest BCUT2D eigenvalue weighted by Crippen LogP contribution is 2.29. The lowest BCUT2D eigenvalue weighted by atomic mass is 9.97. The predicted molar refractivity (Wildman–Crippen MR) is 83.1 cm³/mol. The van der Waals surface area contributed by atoms with Crippen molar-refractivity contribution in [1.29, 1.82) is 0 Å². The second-order valence-electron chi connectivity index (χ2n) is 4.94. The van der Waals surface area contributed by atoms with Crippen molar-refractivity contribution in [2.45, 2.75) is 33.2 Å². The average Bonchev–Trinajstić information content (AvgIpc) is 2.44. The molecule has 1 aromatic heterocycles. The number of benzene rings is 1. The van der Waals surface area contributed by atoms with Crippen LogP contribution in [0.2, 0.25) is 5.02 Å². The third-order valence-corrected chi connectivity index (χ3v) is 3.61. The van der Waals surface area contributed by atoms with E-state index in [1.165, 1.54) is 0 Å². The molecule has 1 atom stereocenters. The molecule has 1 N–H and O–H groups in total. The van der Waals surface area contributed by atoms with Gasteiger partial charge in [0.2, 0.25) is 0 Å². The largest absolute Gasteiger partial charge is 0.306 e. The molecule has 20 heavy (non-hydrogen) atoms. The Morgan fingerprint density at radius 2 is 1.90 bits per heavy atom. The van der Waals surface area contributed by atoms with Crippen LogP contribution in [0.3, 0.4) is 0 Å². The van der Waals surface area contributed by atoms with Crippen LogP contribution in [-0.2, 0) is 0 Å². The summed E-state index contributed by atoms with van der Waals surface area (Å²) < 4.78 is 0. The Balaban J connectivity index is 2.47. The van der Waals surface area contributed by atoms with Gasteiger partial charge in [0, 0.05) is 5.02 Å². The van der Waals surface area contributed by atoms with E-state index in [9.17, 15) is 0 Å². The lowest BCUT2D eigenvalue weighted by Crippen LogP contribution is -2.25. The number of halogens is 1. The summed E-state index contributed by atoms with van der Waals surface area (Å²) in [7, 11) is 0. The fourth-order valence-corrected chi connectivity index (χ4v) is 2.49. The van der Waals surface area contributed by atoms with Gasteiger partial charge in [0.05, 0.1) is 17.4 Å². The number of hydrogen-bond acceptors (Lipinski definition) is 3. The zero-order chi connectivity index (χ0) is 14.5. The third kappa shape index (κ3) is 3.35. The highest BCUT2D eigenvalue weighted by molar-refractivity contribution is 6.31. The van der Waals surface area contributed by atoms with Crippen molar-refractivity contribution in [1.82, 2.24) is 15.5 Å². The fourth-order valence-electron chi connectivity index (χ4n) is 2.25. The van der Waals surface area contributed by atoms with Gasteiger partial charge in [-0.2, -0.15) is 10.2 Å². The monoisotopic (exact) mass is 289 g/mol. The lowest BCUT2D eigenvalue weighted by molar-refractivity contribution is 0.591. The van der Waals surface area contributed by atoms with E-state index in [4.69, 9.17) is 11.6 Å². The van der Waals surface area contributed by atoms with Gasteiger partial charge < -0.3 is 5.32 Å². The average molecular weight is 290 g/mol. The Bertz CT molecular complexity index is 584. The van der Waals surface area contributed by atoms with Gasteiger partial charge in [-0.1, -0.05) is 36.7 Å². The van der Waals surface area contributed by atoms with Gasteiger partial charge in [0.25, 0.3) is 0 Å². The number of aryl methyl sites for hydroxylation is 2. The standard InChI is InChI=1S/C16H20ClN3/c1-4-9-18-16(13-7-5-6-8-15(13)17)14-10-11(2)19-20-12(14)3/h5-8,10,16,18H,4,9H2,1-3H3. The van der Waals surface area contributed by atoms with E-state index in [1.807, 2.05) is 32.0 Å². The zero-order valence-electron chi connectivity index (χ0n) is 12.2. The number of nitrogens with one attached hydrogen (secondary N) is 1. The molecule has 1 aromatic carbocycles. The fraction of sp³-hybridized carbons (Fsp3) is 0.375. The van der Waals surface area contributed by atoms with Crippen molar-refractivity contribution in [2.24, 2.45) is 0 Å². The minimum atomic E-state index is 0.0536. The molecule has 0 saturated carbocycles. The summed E-state index contributed by atoms with van der Waals surface area (Å²) in [5.74, 6) is 0. The summed E-state index contributed by atoms with van der Waals surface area (Å²) in [6.07, 6.45) is 1.07. The molecular formula is C16H20ClN3. The van der Waals surface area contributed by atoms with Gasteiger partial charge in [0.1, 0.15) is 0 Å². The Labute approximate surface area is 125 Å². The lowest BCUT2D eigenvalue weighted by Gasteiger charge is -2.22. The molecule has 4 heteroatoms. The molecule has 0 amide bonds. The van der Waals surface area contributed by atoms with Crippen LogP contribution >= 0.6 is 11.6 Å². The smallest absolute Gasteiger partial charge is 0.0651 e. The third-order valence-electron chi connectivity index (χ3n) is 3.27. The highest BCUT2D eigenvalue weighted by atomic mass is 35.5. The Morgan fingerprint density at radius 1 is 1.15 bits per heavy atom. The molecule has 0 bridgehead atoms. The number of aromatic nitrogens is 2. The van der Waals surface area contributed by atoms with Gasteiger partial charge in [-0.15, -0.1) is 0 Å². The van der Waals surface area contributed by atoms with Crippen molar-refractivity contribution >= 4 is 11.6 Å². The Kier molecular flexibility index (Phi) is 5.10. The van der Waals surface area contributed by atoms with Crippen molar-refractivity contribution in [3.63, 3.8) is 0 Å². The van der Waals surface area contributed by atoms with Crippen LogP contribution in [0.15, 0.2) is 30.3 Å². The summed E-state index contributed by atoms with van der Waals surface area (Å²) in [4.78, 5) is 0. The van der Waals surface area contributed by atoms with E-state index < -0.39 is 0 Å². The molecule has 3 nitrogen and oxygen atoms in total.